The zero-order chi connectivity index (χ0) is 27.5. The number of carbonyl (C=O) groups excluding carboxylic acids is 2. The van der Waals surface area contributed by atoms with Crippen molar-refractivity contribution in [1.29, 1.82) is 0 Å². The first-order valence-electron chi connectivity index (χ1n) is 12.7. The third-order valence-electron chi connectivity index (χ3n) is 6.40. The zero-order valence-electron chi connectivity index (χ0n) is 21.4. The molecular weight excluding hydrogens is 508 g/mol. The second-order valence-corrected chi connectivity index (χ2v) is 10.4. The van der Waals surface area contributed by atoms with Gasteiger partial charge in [0.2, 0.25) is 11.8 Å². The topological polar surface area (TPSA) is 171 Å². The normalized spacial score (nSPS) is 15.2. The minimum absolute atomic E-state index is 0.0238. The number of nitrogens with zero attached hydrogens (tertiary/aromatic N) is 3. The van der Waals surface area contributed by atoms with Crippen LogP contribution in [0.25, 0.3) is 10.8 Å². The van der Waals surface area contributed by atoms with Gasteiger partial charge in [-0.2, -0.15) is 0 Å². The number of rotatable bonds is 13. The summed E-state index contributed by atoms with van der Waals surface area (Å²) in [5.74, 6) is -1.11. The van der Waals surface area contributed by atoms with Gasteiger partial charge in [0, 0.05) is 45.6 Å². The Balaban J connectivity index is 1.60. The van der Waals surface area contributed by atoms with Gasteiger partial charge in [-0.25, -0.2) is 8.93 Å². The van der Waals surface area contributed by atoms with Gasteiger partial charge in [0.1, 0.15) is 11.0 Å². The summed E-state index contributed by atoms with van der Waals surface area (Å²) in [6.45, 7) is 1.89. The van der Waals surface area contributed by atoms with E-state index < -0.39 is 23.0 Å². The van der Waals surface area contributed by atoms with E-state index >= 15 is 0 Å². The molecule has 0 bridgehead atoms. The highest BCUT2D eigenvalue weighted by atomic mass is 32.2. The monoisotopic (exact) mass is 544 g/mol. The minimum atomic E-state index is -1.62. The Labute approximate surface area is 224 Å². The second-order valence-electron chi connectivity index (χ2n) is 9.20. The highest BCUT2D eigenvalue weighted by molar-refractivity contribution is 7.83. The first-order chi connectivity index (χ1) is 18.2. The van der Waals surface area contributed by atoms with Gasteiger partial charge in [0.15, 0.2) is 5.96 Å². The SMILES string of the molecule is NC(N)=NCCC[C@H](NS(=O)c1ccc2ccccc2c1)C(=O)N1CCN(C(=O)CCCCC(=O)O)CC1. The molecule has 0 spiro atoms. The number of fused-ring (bicyclic) bond motifs is 1. The van der Waals surface area contributed by atoms with Gasteiger partial charge >= 0.3 is 5.97 Å². The molecule has 0 aliphatic carbocycles. The van der Waals surface area contributed by atoms with Gasteiger partial charge in [-0.3, -0.25) is 19.4 Å². The molecule has 0 radical (unpaired) electrons. The third kappa shape index (κ3) is 8.80. The lowest BCUT2D eigenvalue weighted by Crippen LogP contribution is -2.55. The van der Waals surface area contributed by atoms with E-state index in [-0.39, 0.29) is 24.2 Å². The Hall–Kier alpha value is -3.51. The van der Waals surface area contributed by atoms with Crippen LogP contribution in [0.15, 0.2) is 52.4 Å². The number of hydrogen-bond acceptors (Lipinski definition) is 5. The molecule has 1 heterocycles. The fourth-order valence-corrected chi connectivity index (χ4v) is 5.36. The summed E-state index contributed by atoms with van der Waals surface area (Å²) in [6, 6.07) is 12.6. The lowest BCUT2D eigenvalue weighted by Gasteiger charge is -2.36. The number of nitrogens with one attached hydrogen (secondary N) is 1. The average Bonchev–Trinajstić information content (AvgIpc) is 2.91. The predicted octanol–water partition coefficient (Wildman–Crippen LogP) is 1.19. The van der Waals surface area contributed by atoms with Crippen LogP contribution < -0.4 is 16.2 Å². The summed E-state index contributed by atoms with van der Waals surface area (Å²) in [5.41, 5.74) is 10.8. The maximum absolute atomic E-state index is 13.4. The van der Waals surface area contributed by atoms with Crippen LogP contribution in [-0.4, -0.2) is 81.6 Å². The van der Waals surface area contributed by atoms with Crippen LogP contribution in [0.5, 0.6) is 0 Å². The number of carboxylic acids is 1. The zero-order valence-corrected chi connectivity index (χ0v) is 22.2. The number of guanidine groups is 1. The van der Waals surface area contributed by atoms with E-state index in [2.05, 4.69) is 9.71 Å². The molecule has 2 atom stereocenters. The van der Waals surface area contributed by atoms with Crippen molar-refractivity contribution >= 4 is 45.5 Å². The summed E-state index contributed by atoms with van der Waals surface area (Å²) in [6.07, 6.45) is 2.23. The number of hydrogen-bond donors (Lipinski definition) is 4. The molecule has 2 aromatic carbocycles. The molecule has 38 heavy (non-hydrogen) atoms. The van der Waals surface area contributed by atoms with E-state index in [0.29, 0.717) is 69.7 Å². The third-order valence-corrected chi connectivity index (χ3v) is 7.58. The highest BCUT2D eigenvalue weighted by Gasteiger charge is 2.30. The van der Waals surface area contributed by atoms with Gasteiger partial charge in [-0.1, -0.05) is 30.3 Å². The molecule has 3 rings (SSSR count). The Morgan fingerprint density at radius 2 is 1.61 bits per heavy atom. The molecule has 1 saturated heterocycles. The van der Waals surface area contributed by atoms with Crippen molar-refractivity contribution in [3.8, 4) is 0 Å². The number of aliphatic imine (C=N–C) groups is 1. The summed E-state index contributed by atoms with van der Waals surface area (Å²) >= 11 is 0. The number of amides is 2. The van der Waals surface area contributed by atoms with Crippen molar-refractivity contribution in [2.45, 2.75) is 49.5 Å². The second kappa shape index (κ2) is 14.4. The van der Waals surface area contributed by atoms with E-state index in [9.17, 15) is 18.6 Å². The maximum Gasteiger partial charge on any atom is 0.303 e. The Morgan fingerprint density at radius 1 is 0.947 bits per heavy atom. The number of unbranched alkanes of at least 4 members (excludes halogenated alkanes) is 1. The molecule has 0 aromatic heterocycles. The quantitative estimate of drug-likeness (QED) is 0.167. The van der Waals surface area contributed by atoms with Crippen LogP contribution in [0.4, 0.5) is 0 Å². The molecule has 6 N–H and O–H groups in total. The van der Waals surface area contributed by atoms with Crippen LogP contribution in [0.3, 0.4) is 0 Å². The van der Waals surface area contributed by atoms with Gasteiger partial charge in [0.05, 0.1) is 10.9 Å². The fraction of sp³-hybridized carbons (Fsp3) is 0.462. The smallest absolute Gasteiger partial charge is 0.303 e. The number of nitrogens with two attached hydrogens (primary N) is 2. The number of carboxylic acid groups (broad SMARTS) is 1. The highest BCUT2D eigenvalue weighted by Crippen LogP contribution is 2.18. The molecule has 0 saturated carbocycles. The minimum Gasteiger partial charge on any atom is -0.481 e. The summed E-state index contributed by atoms with van der Waals surface area (Å²) in [4.78, 5) is 44.5. The molecule has 2 aromatic rings. The molecule has 1 fully saturated rings. The Bertz CT molecular complexity index is 1180. The van der Waals surface area contributed by atoms with Crippen LogP contribution >= 0.6 is 0 Å². The van der Waals surface area contributed by atoms with Gasteiger partial charge < -0.3 is 26.4 Å². The van der Waals surface area contributed by atoms with E-state index in [1.165, 1.54) is 0 Å². The summed E-state index contributed by atoms with van der Waals surface area (Å²) < 4.78 is 16.2. The number of carbonyl (C=O) groups is 3. The Kier molecular flexibility index (Phi) is 11.0. The first kappa shape index (κ1) is 29.1. The molecule has 12 heteroatoms. The van der Waals surface area contributed by atoms with Gasteiger partial charge in [-0.15, -0.1) is 0 Å². The van der Waals surface area contributed by atoms with Crippen molar-refractivity contribution in [3.63, 3.8) is 0 Å². The van der Waals surface area contributed by atoms with Crippen LogP contribution in [-0.2, 0) is 25.4 Å². The van der Waals surface area contributed by atoms with Crippen molar-refractivity contribution in [2.24, 2.45) is 16.5 Å². The number of benzene rings is 2. The fourth-order valence-electron chi connectivity index (χ4n) is 4.32. The molecule has 11 nitrogen and oxygen atoms in total. The van der Waals surface area contributed by atoms with E-state index in [1.54, 1.807) is 15.9 Å². The average molecular weight is 545 g/mol. The number of piperazine rings is 1. The largest absolute Gasteiger partial charge is 0.481 e. The molecule has 1 aliphatic heterocycles. The summed E-state index contributed by atoms with van der Waals surface area (Å²) in [5, 5.41) is 10.7. The van der Waals surface area contributed by atoms with Gasteiger partial charge in [-0.05, 0) is 48.6 Å². The van der Waals surface area contributed by atoms with E-state index in [1.807, 2.05) is 36.4 Å². The predicted molar refractivity (Wildman–Crippen MR) is 146 cm³/mol. The Morgan fingerprint density at radius 3 is 2.29 bits per heavy atom. The molecule has 206 valence electrons. The summed E-state index contributed by atoms with van der Waals surface area (Å²) in [7, 11) is -1.62. The van der Waals surface area contributed by atoms with Crippen molar-refractivity contribution in [1.82, 2.24) is 14.5 Å². The van der Waals surface area contributed by atoms with Crippen LogP contribution in [0.2, 0.25) is 0 Å². The van der Waals surface area contributed by atoms with Crippen molar-refractivity contribution in [3.05, 3.63) is 42.5 Å². The molecule has 1 unspecified atom stereocenters. The lowest BCUT2D eigenvalue weighted by atomic mass is 10.1. The molecule has 1 aliphatic rings. The van der Waals surface area contributed by atoms with E-state index in [4.69, 9.17) is 16.6 Å². The maximum atomic E-state index is 13.4. The van der Waals surface area contributed by atoms with Crippen LogP contribution in [0.1, 0.15) is 38.5 Å². The standard InChI is InChI=1S/C26H36N6O5S/c27-26(28)29-13-5-8-22(30-38(37)21-12-11-19-6-1-2-7-20(19)18-21)25(36)32-16-14-31(15-17-32)23(33)9-3-4-10-24(34)35/h1-2,6-7,11-12,18,22,30H,3-5,8-10,13-17H2,(H,34,35)(H4,27,28,29)/t22-,38?/m0/s1. The molecule has 2 amide bonds. The lowest BCUT2D eigenvalue weighted by molar-refractivity contribution is -0.140. The van der Waals surface area contributed by atoms with Crippen LogP contribution in [0, 0.1) is 0 Å². The first-order valence-corrected chi connectivity index (χ1v) is 13.9. The van der Waals surface area contributed by atoms with Crippen molar-refractivity contribution in [2.75, 3.05) is 32.7 Å². The molecular formula is C26H36N6O5S. The van der Waals surface area contributed by atoms with E-state index in [0.717, 1.165) is 10.8 Å². The van der Waals surface area contributed by atoms with Crippen molar-refractivity contribution < 1.29 is 23.7 Å². The van der Waals surface area contributed by atoms with Gasteiger partial charge in [0.25, 0.3) is 0 Å². The number of aliphatic carboxylic acids is 1.